The van der Waals surface area contributed by atoms with E-state index in [1.807, 2.05) is 0 Å². The summed E-state index contributed by atoms with van der Waals surface area (Å²) in [6.45, 7) is 57.0. The molecular formula is C12K4N12Ru2. The van der Waals surface area contributed by atoms with Crippen LogP contribution in [0.1, 0.15) is 0 Å². The maximum atomic E-state index is 6.25. The van der Waals surface area contributed by atoms with Gasteiger partial charge in [0, 0.05) is 0 Å². The minimum Gasteiger partial charge on any atom is -0.512 e. The molecule has 0 saturated heterocycles. The van der Waals surface area contributed by atoms with Crippen LogP contribution in [0, 0.1) is 142 Å². The molecule has 0 aromatic carbocycles. The van der Waals surface area contributed by atoms with Gasteiger partial charge in [-0.1, -0.05) is 0 Å². The van der Waals surface area contributed by atoms with Crippen molar-refractivity contribution in [1.82, 2.24) is 0 Å². The minimum absolute atomic E-state index is 0. The topological polar surface area (TPSA) is 285 Å². The van der Waals surface area contributed by atoms with Crippen LogP contribution in [-0.2, 0) is 39.0 Å². The quantitative estimate of drug-likeness (QED) is 0.171. The molecule has 0 amide bonds. The van der Waals surface area contributed by atoms with Gasteiger partial charge in [-0.25, -0.2) is 0 Å². The van der Waals surface area contributed by atoms with Gasteiger partial charge in [0.1, 0.15) is 0 Å². The van der Waals surface area contributed by atoms with Crippen molar-refractivity contribution in [3.8, 4) is 0 Å². The van der Waals surface area contributed by atoms with E-state index in [0.29, 0.717) is 0 Å². The Labute approximate surface area is 376 Å². The van der Waals surface area contributed by atoms with Crippen molar-refractivity contribution in [2.75, 3.05) is 0 Å². The molecule has 0 N–H and O–H groups in total. The third-order valence-electron chi connectivity index (χ3n) is 0. The average Bonchev–Trinajstić information content (AvgIpc) is 2.84. The van der Waals surface area contributed by atoms with Gasteiger partial charge in [0.15, 0.2) is 0 Å². The molecule has 0 aliphatic carbocycles. The number of hydrogen-bond acceptors (Lipinski definition) is 12. The van der Waals surface area contributed by atoms with E-state index in [2.05, 4.69) is 0 Å². The van der Waals surface area contributed by atoms with Gasteiger partial charge in [0.25, 0.3) is 0 Å². The van der Waals surface area contributed by atoms with Gasteiger partial charge in [-0.3, -0.25) is 0 Å². The fourth-order valence-electron chi connectivity index (χ4n) is 0. The summed E-state index contributed by atoms with van der Waals surface area (Å²) in [5.41, 5.74) is 0. The first-order valence-corrected chi connectivity index (χ1v) is 2.68. The first-order chi connectivity index (χ1) is 12.0. The van der Waals surface area contributed by atoms with Crippen LogP contribution in [0.25, 0.3) is 0 Å². The van der Waals surface area contributed by atoms with E-state index in [1.165, 1.54) is 0 Å². The van der Waals surface area contributed by atoms with E-state index in [-0.39, 0.29) is 244 Å². The third kappa shape index (κ3) is 8720. The Morgan fingerprint density at radius 3 is 0.167 bits per heavy atom. The Morgan fingerprint density at radius 2 is 0.167 bits per heavy atom. The third-order valence-corrected chi connectivity index (χ3v) is 0. The number of hydrogen-bond donors (Lipinski definition) is 0. The molecule has 0 unspecified atom stereocenters. The second-order valence-corrected chi connectivity index (χ2v) is 0. The van der Waals surface area contributed by atoms with Gasteiger partial charge >= 0.3 is 244 Å². The van der Waals surface area contributed by atoms with Crippen LogP contribution in [0.3, 0.4) is 0 Å². The predicted molar refractivity (Wildman–Crippen MR) is 59.6 cm³/mol. The molecule has 0 saturated carbocycles. The smallest absolute Gasteiger partial charge is 0.512 e. The van der Waals surface area contributed by atoms with Crippen LogP contribution in [-0.4, -0.2) is 0 Å². The summed E-state index contributed by atoms with van der Waals surface area (Å²) in [6, 6.07) is 0. The molecule has 0 aliphatic rings. The van der Waals surface area contributed by atoms with Crippen molar-refractivity contribution in [3.05, 3.63) is 78.9 Å². The first-order valence-electron chi connectivity index (χ1n) is 2.68. The summed E-state index contributed by atoms with van der Waals surface area (Å²) >= 11 is 0. The zero-order valence-corrected chi connectivity index (χ0v) is 32.0. The molecule has 0 aromatic heterocycles. The summed E-state index contributed by atoms with van der Waals surface area (Å²) in [6.07, 6.45) is 0. The van der Waals surface area contributed by atoms with Crippen molar-refractivity contribution in [2.24, 2.45) is 0 Å². The fraction of sp³-hybridized carbons (Fsp3) is 0. The van der Waals surface area contributed by atoms with Gasteiger partial charge in [-0.05, 0) is 0 Å². The van der Waals surface area contributed by atoms with E-state index in [4.69, 9.17) is 142 Å². The van der Waals surface area contributed by atoms with Crippen molar-refractivity contribution < 1.29 is 244 Å². The van der Waals surface area contributed by atoms with Crippen molar-refractivity contribution in [3.63, 3.8) is 0 Å². The van der Waals surface area contributed by atoms with Crippen LogP contribution >= 0.6 is 0 Å². The number of nitrogens with zero attached hydrogens (tertiary/aromatic N) is 12. The van der Waals surface area contributed by atoms with Crippen molar-refractivity contribution >= 4 is 0 Å². The Bertz CT molecular complexity index is 237. The molecule has 0 rings (SSSR count). The van der Waals surface area contributed by atoms with Crippen molar-refractivity contribution in [1.29, 1.82) is 63.1 Å². The standard InChI is InChI=1S/12CN.4K.2Ru/c12*1-2;;;;;;/q12*-1;4*+1;2*+4. The largest absolute Gasteiger partial charge is 4.00 e. The van der Waals surface area contributed by atoms with Gasteiger partial charge in [-0.15, -0.1) is 0 Å². The van der Waals surface area contributed by atoms with E-state index >= 15 is 0 Å². The molecule has 0 aromatic rings. The Balaban J connectivity index is -0.00000000321. The predicted octanol–water partition coefficient (Wildman–Crippen LogP) is -10.8. The average molecular weight is 671 g/mol. The fourth-order valence-corrected chi connectivity index (χ4v) is 0. The Morgan fingerprint density at radius 1 is 0.167 bits per heavy atom. The number of rotatable bonds is 0. The van der Waals surface area contributed by atoms with E-state index < -0.39 is 0 Å². The summed E-state index contributed by atoms with van der Waals surface area (Å²) in [7, 11) is 0. The second-order valence-electron chi connectivity index (χ2n) is 0. The molecule has 0 fully saturated rings. The first kappa shape index (κ1) is 159. The molecule has 128 valence electrons. The van der Waals surface area contributed by atoms with Gasteiger partial charge < -0.3 is 142 Å². The summed E-state index contributed by atoms with van der Waals surface area (Å²) in [4.78, 5) is 0. The second kappa shape index (κ2) is 9660. The molecule has 0 aliphatic heterocycles. The van der Waals surface area contributed by atoms with Crippen molar-refractivity contribution in [2.45, 2.75) is 0 Å². The zero-order chi connectivity index (χ0) is 24.0. The Kier molecular flexibility index (Phi) is 51300. The van der Waals surface area contributed by atoms with E-state index in [1.54, 1.807) is 0 Å². The summed E-state index contributed by atoms with van der Waals surface area (Å²) in [5, 5.41) is 75.0. The zero-order valence-electron chi connectivity index (χ0n) is 16.1. The van der Waals surface area contributed by atoms with Crippen LogP contribution in [0.4, 0.5) is 0 Å². The van der Waals surface area contributed by atoms with Crippen LogP contribution in [0.15, 0.2) is 0 Å². The molecule has 12 nitrogen and oxygen atoms in total. The monoisotopic (exact) mass is 672 g/mol. The van der Waals surface area contributed by atoms with Gasteiger partial charge in [0.05, 0.1) is 0 Å². The molecule has 0 spiro atoms. The molecule has 0 heterocycles. The van der Waals surface area contributed by atoms with E-state index in [0.717, 1.165) is 0 Å². The SMILES string of the molecule is [C-]#N.[C-]#N.[C-]#N.[C-]#N.[C-]#N.[C-]#N.[C-]#N.[C-]#N.[C-]#N.[C-]#N.[C-]#N.[C-]#N.[K+].[K+].[K+].[K+].[Ru+4].[Ru+4]. The normalized spacial score (nSPS) is 0.800. The molecule has 0 radical (unpaired) electrons. The van der Waals surface area contributed by atoms with Gasteiger partial charge in [0.2, 0.25) is 0 Å². The molecular weight excluding hydrogens is 671 g/mol. The maximum Gasteiger partial charge on any atom is 4.00 e. The van der Waals surface area contributed by atoms with Gasteiger partial charge in [-0.2, -0.15) is 0 Å². The minimum atomic E-state index is 0. The molecule has 0 bridgehead atoms. The molecule has 30 heavy (non-hydrogen) atoms. The maximum absolute atomic E-state index is 6.25. The Hall–Kier alpha value is 1.67. The van der Waals surface area contributed by atoms with E-state index in [9.17, 15) is 0 Å². The van der Waals surface area contributed by atoms with Crippen LogP contribution in [0.5, 0.6) is 0 Å². The summed E-state index contributed by atoms with van der Waals surface area (Å²) in [5.74, 6) is 0. The molecule has 0 atom stereocenters. The van der Waals surface area contributed by atoms with Crippen LogP contribution < -0.4 is 206 Å². The van der Waals surface area contributed by atoms with Crippen LogP contribution in [0.2, 0.25) is 0 Å². The molecule has 18 heteroatoms. The summed E-state index contributed by atoms with van der Waals surface area (Å²) < 4.78 is 0.